The summed E-state index contributed by atoms with van der Waals surface area (Å²) in [6, 6.07) is 3.70. The van der Waals surface area contributed by atoms with E-state index in [-0.39, 0.29) is 11.8 Å². The molecule has 0 fully saturated rings. The van der Waals surface area contributed by atoms with Gasteiger partial charge in [-0.2, -0.15) is 0 Å². The number of halogens is 1. The molecule has 1 rings (SSSR count). The fourth-order valence-electron chi connectivity index (χ4n) is 1.26. The molecular formula is C10H14BrNO2. The number of rotatable bonds is 3. The van der Waals surface area contributed by atoms with Gasteiger partial charge in [0.05, 0.1) is 11.6 Å². The van der Waals surface area contributed by atoms with Crippen LogP contribution in [0.5, 0.6) is 11.5 Å². The van der Waals surface area contributed by atoms with Gasteiger partial charge in [0.15, 0.2) is 11.5 Å². The average molecular weight is 260 g/mol. The van der Waals surface area contributed by atoms with Gasteiger partial charge in [0.2, 0.25) is 0 Å². The largest absolute Gasteiger partial charge is 0.503 e. The van der Waals surface area contributed by atoms with Crippen LogP contribution in [0.15, 0.2) is 16.6 Å². The number of hydrogen-bond donors (Lipinski definition) is 2. The van der Waals surface area contributed by atoms with Crippen molar-refractivity contribution in [2.45, 2.75) is 19.4 Å². The minimum atomic E-state index is 0.0686. The van der Waals surface area contributed by atoms with Crippen LogP contribution in [-0.4, -0.2) is 18.3 Å². The lowest BCUT2D eigenvalue weighted by atomic mass is 10.1. The molecule has 0 aliphatic carbocycles. The van der Waals surface area contributed by atoms with Crippen LogP contribution in [0.1, 0.15) is 12.5 Å². The molecule has 0 bridgehead atoms. The lowest BCUT2D eigenvalue weighted by molar-refractivity contribution is 0.371. The number of methoxy groups -OCH3 is 1. The predicted molar refractivity (Wildman–Crippen MR) is 59.7 cm³/mol. The molecule has 3 N–H and O–H groups in total. The first kappa shape index (κ1) is 11.3. The number of nitrogens with two attached hydrogens (primary N) is 1. The molecule has 0 unspecified atom stereocenters. The van der Waals surface area contributed by atoms with Crippen molar-refractivity contribution in [1.82, 2.24) is 0 Å². The molecule has 78 valence electrons. The van der Waals surface area contributed by atoms with Crippen LogP contribution < -0.4 is 10.5 Å². The second kappa shape index (κ2) is 4.66. The zero-order valence-electron chi connectivity index (χ0n) is 8.25. The maximum absolute atomic E-state index is 9.68. The molecule has 0 spiro atoms. The van der Waals surface area contributed by atoms with Crippen molar-refractivity contribution >= 4 is 15.9 Å². The van der Waals surface area contributed by atoms with E-state index in [1.165, 1.54) is 7.11 Å². The zero-order chi connectivity index (χ0) is 10.7. The maximum Gasteiger partial charge on any atom is 0.172 e. The summed E-state index contributed by atoms with van der Waals surface area (Å²) in [6.45, 7) is 1.92. The molecule has 0 saturated heterocycles. The fraction of sp³-hybridized carbons (Fsp3) is 0.400. The highest BCUT2D eigenvalue weighted by molar-refractivity contribution is 9.10. The van der Waals surface area contributed by atoms with Gasteiger partial charge >= 0.3 is 0 Å². The van der Waals surface area contributed by atoms with Crippen LogP contribution in [0, 0.1) is 0 Å². The number of aromatic hydroxyl groups is 1. The molecule has 0 amide bonds. The van der Waals surface area contributed by atoms with Gasteiger partial charge in [0.1, 0.15) is 0 Å². The summed E-state index contributed by atoms with van der Waals surface area (Å²) >= 11 is 3.31. The van der Waals surface area contributed by atoms with E-state index >= 15 is 0 Å². The molecule has 1 atom stereocenters. The van der Waals surface area contributed by atoms with Crippen molar-refractivity contribution < 1.29 is 9.84 Å². The van der Waals surface area contributed by atoms with Crippen molar-refractivity contribution in [2.24, 2.45) is 5.73 Å². The van der Waals surface area contributed by atoms with Gasteiger partial charge in [-0.1, -0.05) is 6.07 Å². The molecule has 4 heteroatoms. The summed E-state index contributed by atoms with van der Waals surface area (Å²) < 4.78 is 5.64. The number of benzene rings is 1. The summed E-state index contributed by atoms with van der Waals surface area (Å²) in [5, 5.41) is 9.68. The van der Waals surface area contributed by atoms with Gasteiger partial charge in [-0.25, -0.2) is 0 Å². The zero-order valence-corrected chi connectivity index (χ0v) is 9.84. The third-order valence-corrected chi connectivity index (χ3v) is 2.81. The minimum Gasteiger partial charge on any atom is -0.503 e. The highest BCUT2D eigenvalue weighted by Crippen LogP contribution is 2.36. The number of phenolic OH excluding ortho intramolecular Hbond substituents is 1. The van der Waals surface area contributed by atoms with Gasteiger partial charge in [0.25, 0.3) is 0 Å². The van der Waals surface area contributed by atoms with E-state index in [0.29, 0.717) is 10.2 Å². The first-order chi connectivity index (χ1) is 6.56. The Morgan fingerprint density at radius 3 is 2.71 bits per heavy atom. The molecule has 14 heavy (non-hydrogen) atoms. The smallest absolute Gasteiger partial charge is 0.172 e. The number of phenols is 1. The minimum absolute atomic E-state index is 0.0686. The molecule has 1 aromatic carbocycles. The Balaban J connectivity index is 3.04. The Bertz CT molecular complexity index is 326. The highest BCUT2D eigenvalue weighted by Gasteiger charge is 2.11. The standard InChI is InChI=1S/C10H14BrNO2/c1-6(12)5-7-3-4-8(14-2)10(13)9(7)11/h3-4,6,13H,5,12H2,1-2H3/t6-/m0/s1. The summed E-state index contributed by atoms with van der Waals surface area (Å²) in [4.78, 5) is 0. The van der Waals surface area contributed by atoms with E-state index in [0.717, 1.165) is 12.0 Å². The third-order valence-electron chi connectivity index (χ3n) is 1.92. The van der Waals surface area contributed by atoms with Crippen molar-refractivity contribution in [3.63, 3.8) is 0 Å². The number of hydrogen-bond acceptors (Lipinski definition) is 3. The average Bonchev–Trinajstić information content (AvgIpc) is 2.13. The molecular weight excluding hydrogens is 246 g/mol. The maximum atomic E-state index is 9.68. The Morgan fingerprint density at radius 1 is 1.57 bits per heavy atom. The molecule has 0 aromatic heterocycles. The molecule has 0 aliphatic rings. The molecule has 0 aliphatic heterocycles. The molecule has 0 saturated carbocycles. The van der Waals surface area contributed by atoms with Crippen LogP contribution in [0.3, 0.4) is 0 Å². The monoisotopic (exact) mass is 259 g/mol. The second-order valence-electron chi connectivity index (χ2n) is 3.27. The normalized spacial score (nSPS) is 12.6. The van der Waals surface area contributed by atoms with E-state index in [1.54, 1.807) is 6.07 Å². The first-order valence-electron chi connectivity index (χ1n) is 4.36. The van der Waals surface area contributed by atoms with Gasteiger partial charge in [-0.15, -0.1) is 0 Å². The summed E-state index contributed by atoms with van der Waals surface area (Å²) in [5.74, 6) is 0.593. The van der Waals surface area contributed by atoms with Crippen molar-refractivity contribution in [3.05, 3.63) is 22.2 Å². The van der Waals surface area contributed by atoms with Crippen molar-refractivity contribution in [1.29, 1.82) is 0 Å². The van der Waals surface area contributed by atoms with E-state index in [1.807, 2.05) is 13.0 Å². The molecule has 0 heterocycles. The Kier molecular flexibility index (Phi) is 3.77. The van der Waals surface area contributed by atoms with Crippen LogP contribution in [-0.2, 0) is 6.42 Å². The Morgan fingerprint density at radius 2 is 2.21 bits per heavy atom. The van der Waals surface area contributed by atoms with Gasteiger partial charge < -0.3 is 15.6 Å². The van der Waals surface area contributed by atoms with E-state index in [9.17, 15) is 5.11 Å². The first-order valence-corrected chi connectivity index (χ1v) is 5.15. The van der Waals surface area contributed by atoms with Crippen molar-refractivity contribution in [2.75, 3.05) is 7.11 Å². The van der Waals surface area contributed by atoms with Crippen molar-refractivity contribution in [3.8, 4) is 11.5 Å². The summed E-state index contributed by atoms with van der Waals surface area (Å²) in [5.41, 5.74) is 6.66. The summed E-state index contributed by atoms with van der Waals surface area (Å²) in [6.07, 6.45) is 0.720. The third kappa shape index (κ3) is 2.39. The highest BCUT2D eigenvalue weighted by atomic mass is 79.9. The van der Waals surface area contributed by atoms with E-state index < -0.39 is 0 Å². The Hall–Kier alpha value is -0.740. The van der Waals surface area contributed by atoms with Crippen LogP contribution >= 0.6 is 15.9 Å². The Labute approximate surface area is 92.0 Å². The van der Waals surface area contributed by atoms with Gasteiger partial charge in [0, 0.05) is 6.04 Å². The van der Waals surface area contributed by atoms with E-state index in [2.05, 4.69) is 15.9 Å². The molecule has 0 radical (unpaired) electrons. The second-order valence-corrected chi connectivity index (χ2v) is 4.06. The lowest BCUT2D eigenvalue weighted by Crippen LogP contribution is -2.18. The van der Waals surface area contributed by atoms with Gasteiger partial charge in [-0.05, 0) is 40.9 Å². The number of ether oxygens (including phenoxy) is 1. The topological polar surface area (TPSA) is 55.5 Å². The SMILES string of the molecule is COc1ccc(C[C@H](C)N)c(Br)c1O. The fourth-order valence-corrected chi connectivity index (χ4v) is 1.75. The van der Waals surface area contributed by atoms with Crippen LogP contribution in [0.2, 0.25) is 0 Å². The van der Waals surface area contributed by atoms with Gasteiger partial charge in [-0.3, -0.25) is 0 Å². The predicted octanol–water partition coefficient (Wildman–Crippen LogP) is 2.05. The molecule has 1 aromatic rings. The van der Waals surface area contributed by atoms with Crippen LogP contribution in [0.25, 0.3) is 0 Å². The quantitative estimate of drug-likeness (QED) is 0.874. The lowest BCUT2D eigenvalue weighted by Gasteiger charge is -2.11. The van der Waals surface area contributed by atoms with E-state index in [4.69, 9.17) is 10.5 Å². The molecule has 3 nitrogen and oxygen atoms in total. The summed E-state index contributed by atoms with van der Waals surface area (Å²) in [7, 11) is 1.52. The van der Waals surface area contributed by atoms with Crippen LogP contribution in [0.4, 0.5) is 0 Å².